The predicted octanol–water partition coefficient (Wildman–Crippen LogP) is 10.0. The molecule has 4 aromatic carbocycles. The van der Waals surface area contributed by atoms with Crippen molar-refractivity contribution in [3.63, 3.8) is 0 Å². The highest BCUT2D eigenvalue weighted by atomic mass is 35.5. The fraction of sp³-hybridized carbons (Fsp3) is 0.364. The number of ether oxygens (including phenoxy) is 4. The second-order valence-electron chi connectivity index (χ2n) is 15.9. The second kappa shape index (κ2) is 19.3. The monoisotopic (exact) mass is 870 g/mol. The van der Waals surface area contributed by atoms with Crippen molar-refractivity contribution in [3.05, 3.63) is 139 Å². The highest BCUT2D eigenvalue weighted by molar-refractivity contribution is 6.31. The number of rotatable bonds is 8. The van der Waals surface area contributed by atoms with Crippen LogP contribution in [0.25, 0.3) is 0 Å². The molecule has 2 heterocycles. The van der Waals surface area contributed by atoms with E-state index < -0.39 is 59.6 Å². The van der Waals surface area contributed by atoms with Gasteiger partial charge in [0.05, 0.1) is 24.9 Å². The number of hydrogen-bond donors (Lipinski definition) is 2. The molecule has 6 atom stereocenters. The van der Waals surface area contributed by atoms with E-state index in [9.17, 15) is 19.2 Å². The first-order valence-corrected chi connectivity index (χ1v) is 20.1. The zero-order chi connectivity index (χ0) is 42.4. The van der Waals surface area contributed by atoms with E-state index in [1.165, 1.54) is 0 Å². The number of esters is 2. The van der Waals surface area contributed by atoms with Gasteiger partial charge < -0.3 is 29.6 Å². The van der Waals surface area contributed by atoms with Crippen molar-refractivity contribution >= 4 is 70.2 Å². The molecule has 0 radical (unpaired) electrons. The summed E-state index contributed by atoms with van der Waals surface area (Å²) >= 11 is 24.3. The van der Waals surface area contributed by atoms with E-state index in [0.717, 1.165) is 22.3 Å². The maximum Gasteiger partial charge on any atom is 0.309 e. The van der Waals surface area contributed by atoms with Gasteiger partial charge in [0, 0.05) is 20.1 Å². The molecule has 2 fully saturated rings. The lowest BCUT2D eigenvalue weighted by Crippen LogP contribution is -2.49. The van der Waals surface area contributed by atoms with Crippen LogP contribution in [0.5, 0.6) is 0 Å². The van der Waals surface area contributed by atoms with Crippen molar-refractivity contribution < 1.29 is 38.1 Å². The van der Waals surface area contributed by atoms with Gasteiger partial charge in [0.1, 0.15) is 35.6 Å². The molecular formula is C44H46Cl4N2O8. The van der Waals surface area contributed by atoms with E-state index in [-0.39, 0.29) is 24.7 Å². The number of benzene rings is 4. The Labute approximate surface area is 358 Å². The summed E-state index contributed by atoms with van der Waals surface area (Å²) in [5, 5.41) is 8.27. The van der Waals surface area contributed by atoms with Crippen molar-refractivity contribution in [2.24, 2.45) is 0 Å². The number of halogens is 4. The minimum absolute atomic E-state index is 0.173. The summed E-state index contributed by atoms with van der Waals surface area (Å²) in [5.41, 5.74) is 1.99. The third-order valence-electron chi connectivity index (χ3n) is 8.76. The van der Waals surface area contributed by atoms with Crippen LogP contribution in [0.4, 0.5) is 0 Å². The summed E-state index contributed by atoms with van der Waals surface area (Å²) in [6.07, 6.45) is -3.32. The molecule has 0 spiro atoms. The molecule has 0 bridgehead atoms. The van der Waals surface area contributed by atoms with Crippen LogP contribution in [0.15, 0.2) is 97.1 Å². The van der Waals surface area contributed by atoms with Crippen LogP contribution < -0.4 is 10.6 Å². The van der Waals surface area contributed by atoms with Gasteiger partial charge in [0.25, 0.3) is 0 Å². The van der Waals surface area contributed by atoms with E-state index in [2.05, 4.69) is 10.6 Å². The Morgan fingerprint density at radius 2 is 0.879 bits per heavy atom. The number of hydrogen-bond acceptors (Lipinski definition) is 8. The largest absolute Gasteiger partial charge is 0.460 e. The van der Waals surface area contributed by atoms with Gasteiger partial charge >= 0.3 is 11.9 Å². The summed E-state index contributed by atoms with van der Waals surface area (Å²) in [4.78, 5) is 49.9. The summed E-state index contributed by atoms with van der Waals surface area (Å²) < 4.78 is 22.9. The molecule has 14 heteroatoms. The maximum atomic E-state index is 12.7. The molecule has 0 aromatic heterocycles. The molecule has 308 valence electrons. The summed E-state index contributed by atoms with van der Waals surface area (Å²) in [6.45, 7) is 10.7. The Kier molecular flexibility index (Phi) is 14.9. The number of morpholine rings is 2. The van der Waals surface area contributed by atoms with Crippen molar-refractivity contribution in [2.45, 2.75) is 102 Å². The molecule has 2 amide bonds. The lowest BCUT2D eigenvalue weighted by Gasteiger charge is -2.37. The molecule has 2 aliphatic heterocycles. The molecule has 2 aliphatic rings. The number of nitrogens with one attached hydrogen (secondary N) is 2. The SMILES string of the molecule is CC(C)(C)OC(=O)C[C@@H]1O[C@@H](c2cccc(Cl)c2)C(c2ccc(Cl)cc2)NC1=O.CC(C)(C)OC(=O)C[C@H]1O[C@@H](c2cccc(Cl)c2)C(c2ccc(Cl)cc2)NC1=O. The van der Waals surface area contributed by atoms with Gasteiger partial charge in [-0.15, -0.1) is 0 Å². The Hall–Kier alpha value is -4.16. The molecule has 10 nitrogen and oxygen atoms in total. The lowest BCUT2D eigenvalue weighted by atomic mass is 9.93. The molecule has 0 aliphatic carbocycles. The Morgan fingerprint density at radius 3 is 1.19 bits per heavy atom. The summed E-state index contributed by atoms with van der Waals surface area (Å²) in [7, 11) is 0. The predicted molar refractivity (Wildman–Crippen MR) is 224 cm³/mol. The first kappa shape index (κ1) is 44.9. The van der Waals surface area contributed by atoms with Gasteiger partial charge in [-0.1, -0.05) is 94.9 Å². The van der Waals surface area contributed by atoms with Crippen molar-refractivity contribution in [1.29, 1.82) is 0 Å². The van der Waals surface area contributed by atoms with E-state index in [0.29, 0.717) is 20.1 Å². The van der Waals surface area contributed by atoms with Crippen LogP contribution >= 0.6 is 46.4 Å². The first-order chi connectivity index (χ1) is 27.2. The van der Waals surface area contributed by atoms with E-state index in [4.69, 9.17) is 65.4 Å². The van der Waals surface area contributed by atoms with Crippen LogP contribution in [0.1, 0.15) is 101 Å². The number of carbonyl (C=O) groups excluding carboxylic acids is 4. The van der Waals surface area contributed by atoms with Crippen LogP contribution in [0, 0.1) is 0 Å². The second-order valence-corrected chi connectivity index (χ2v) is 17.6. The summed E-state index contributed by atoms with van der Waals surface area (Å²) in [6, 6.07) is 28.0. The van der Waals surface area contributed by atoms with E-state index in [1.807, 2.05) is 48.5 Å². The zero-order valence-corrected chi connectivity index (χ0v) is 35.9. The average Bonchev–Trinajstić information content (AvgIpc) is 3.12. The molecule has 4 aromatic rings. The topological polar surface area (TPSA) is 129 Å². The molecule has 6 rings (SSSR count). The Balaban J connectivity index is 0.000000221. The first-order valence-electron chi connectivity index (χ1n) is 18.6. The van der Waals surface area contributed by atoms with Gasteiger partial charge in [-0.3, -0.25) is 19.2 Å². The van der Waals surface area contributed by atoms with Gasteiger partial charge in [-0.05, 0) is 112 Å². The van der Waals surface area contributed by atoms with Crippen LogP contribution in [0.3, 0.4) is 0 Å². The van der Waals surface area contributed by atoms with E-state index >= 15 is 0 Å². The smallest absolute Gasteiger partial charge is 0.309 e. The fourth-order valence-electron chi connectivity index (χ4n) is 6.39. The molecule has 2 unspecified atom stereocenters. The highest BCUT2D eigenvalue weighted by Crippen LogP contribution is 2.40. The van der Waals surface area contributed by atoms with Crippen molar-refractivity contribution in [1.82, 2.24) is 10.6 Å². The number of carbonyl (C=O) groups is 4. The quantitative estimate of drug-likeness (QED) is 0.168. The average molecular weight is 873 g/mol. The van der Waals surface area contributed by atoms with Crippen LogP contribution in [0.2, 0.25) is 20.1 Å². The minimum atomic E-state index is -0.961. The number of amides is 2. The van der Waals surface area contributed by atoms with Crippen LogP contribution in [-0.4, -0.2) is 47.2 Å². The Bertz CT molecular complexity index is 1930. The third kappa shape index (κ3) is 12.9. The molecule has 2 N–H and O–H groups in total. The van der Waals surface area contributed by atoms with Crippen molar-refractivity contribution in [2.75, 3.05) is 0 Å². The lowest BCUT2D eigenvalue weighted by molar-refractivity contribution is -0.168. The van der Waals surface area contributed by atoms with Gasteiger partial charge in [0.2, 0.25) is 11.8 Å². The van der Waals surface area contributed by atoms with Crippen molar-refractivity contribution in [3.8, 4) is 0 Å². The standard InChI is InChI=1S/2C22H23Cl2NO4/c2*1-22(2,3)29-18(26)12-17-21(27)25-19(13-7-9-15(23)10-8-13)20(28-17)14-5-4-6-16(24)11-14/h2*4-11,17,19-20H,12H2,1-3H3,(H,25,27)/t17-,19?,20+;17-,19?,20-/m10/s1. The molecule has 0 saturated carbocycles. The molecule has 58 heavy (non-hydrogen) atoms. The summed E-state index contributed by atoms with van der Waals surface area (Å²) in [5.74, 6) is -1.72. The van der Waals surface area contributed by atoms with Gasteiger partial charge in [0.15, 0.2) is 0 Å². The van der Waals surface area contributed by atoms with Gasteiger partial charge in [-0.2, -0.15) is 0 Å². The molecular weight excluding hydrogens is 826 g/mol. The van der Waals surface area contributed by atoms with E-state index in [1.54, 1.807) is 90.1 Å². The fourth-order valence-corrected chi connectivity index (χ4v) is 7.04. The normalized spacial score (nSPS) is 22.1. The van der Waals surface area contributed by atoms with Gasteiger partial charge in [-0.25, -0.2) is 0 Å². The zero-order valence-electron chi connectivity index (χ0n) is 32.9. The molecule has 2 saturated heterocycles. The maximum absolute atomic E-state index is 12.7. The highest BCUT2D eigenvalue weighted by Gasteiger charge is 2.41. The minimum Gasteiger partial charge on any atom is -0.460 e. The Morgan fingerprint density at radius 1 is 0.534 bits per heavy atom. The third-order valence-corrected chi connectivity index (χ3v) is 9.74. The van der Waals surface area contributed by atoms with Crippen LogP contribution in [-0.2, 0) is 38.1 Å².